The van der Waals surface area contributed by atoms with E-state index in [1.807, 2.05) is 18.2 Å². The number of rotatable bonds is 6. The van der Waals surface area contributed by atoms with Gasteiger partial charge < -0.3 is 4.42 Å². The molecule has 0 radical (unpaired) electrons. The van der Waals surface area contributed by atoms with Crippen molar-refractivity contribution in [2.75, 3.05) is 0 Å². The van der Waals surface area contributed by atoms with Gasteiger partial charge in [0.05, 0.1) is 10.9 Å². The van der Waals surface area contributed by atoms with Crippen LogP contribution >= 0.6 is 0 Å². The molecule has 0 amide bonds. The van der Waals surface area contributed by atoms with Crippen molar-refractivity contribution in [3.8, 4) is 0 Å². The molecular weight excluding hydrogens is 226 g/mol. The predicted octanol–water partition coefficient (Wildman–Crippen LogP) is 3.70. The van der Waals surface area contributed by atoms with Crippen molar-refractivity contribution in [1.29, 1.82) is 0 Å². The largest absolute Gasteiger partial charge is 0.408 e. The normalized spacial score (nSPS) is 10.9. The maximum atomic E-state index is 11.7. The first-order valence-electron chi connectivity index (χ1n) is 6.70. The number of hydrogen-bond acceptors (Lipinski definition) is 3. The summed E-state index contributed by atoms with van der Waals surface area (Å²) in [5.41, 5.74) is 0.460. The fraction of sp³-hybridized carbons (Fsp3) is 0.467. The molecule has 2 rings (SSSR count). The third-order valence-electron chi connectivity index (χ3n) is 3.07. The van der Waals surface area contributed by atoms with E-state index >= 15 is 0 Å². The summed E-state index contributed by atoms with van der Waals surface area (Å²) in [5, 5.41) is 0.562. The third kappa shape index (κ3) is 3.19. The first-order valence-corrected chi connectivity index (χ1v) is 6.70. The molecule has 3 heteroatoms. The van der Waals surface area contributed by atoms with Crippen molar-refractivity contribution in [2.45, 2.75) is 45.4 Å². The second kappa shape index (κ2) is 6.34. The van der Waals surface area contributed by atoms with E-state index in [-0.39, 0.29) is 5.63 Å². The van der Waals surface area contributed by atoms with Crippen LogP contribution in [0.5, 0.6) is 0 Å². The Morgan fingerprint density at radius 2 is 1.89 bits per heavy atom. The molecule has 0 spiro atoms. The lowest BCUT2D eigenvalue weighted by Gasteiger charge is -2.01. The summed E-state index contributed by atoms with van der Waals surface area (Å²) in [7, 11) is 0. The van der Waals surface area contributed by atoms with Crippen LogP contribution in [0.1, 0.15) is 44.9 Å². The summed E-state index contributed by atoms with van der Waals surface area (Å²) in [5.74, 6) is 0.565. The van der Waals surface area contributed by atoms with Crippen LogP contribution in [-0.2, 0) is 6.42 Å². The summed E-state index contributed by atoms with van der Waals surface area (Å²) < 4.78 is 5.23. The summed E-state index contributed by atoms with van der Waals surface area (Å²) in [6.07, 6.45) is 6.72. The second-order valence-electron chi connectivity index (χ2n) is 4.58. The van der Waals surface area contributed by atoms with Crippen LogP contribution in [0, 0.1) is 0 Å². The topological polar surface area (TPSA) is 43.1 Å². The summed E-state index contributed by atoms with van der Waals surface area (Å²) in [6.45, 7) is 2.20. The number of unbranched alkanes of at least 4 members (excludes halogenated alkanes) is 4. The zero-order valence-electron chi connectivity index (χ0n) is 10.8. The first-order chi connectivity index (χ1) is 8.81. The van der Waals surface area contributed by atoms with Gasteiger partial charge in [0.25, 0.3) is 0 Å². The van der Waals surface area contributed by atoms with E-state index in [0.717, 1.165) is 18.4 Å². The van der Waals surface area contributed by atoms with Gasteiger partial charge in [-0.05, 0) is 18.6 Å². The molecule has 3 nitrogen and oxygen atoms in total. The Bertz CT molecular complexity index is 560. The minimum Gasteiger partial charge on any atom is -0.408 e. The van der Waals surface area contributed by atoms with Crippen LogP contribution < -0.4 is 5.63 Å². The van der Waals surface area contributed by atoms with E-state index in [1.54, 1.807) is 6.07 Å². The lowest BCUT2D eigenvalue weighted by Crippen LogP contribution is -2.05. The molecule has 0 bridgehead atoms. The van der Waals surface area contributed by atoms with E-state index in [2.05, 4.69) is 11.9 Å². The average Bonchev–Trinajstić information content (AvgIpc) is 2.39. The molecule has 0 atom stereocenters. The number of fused-ring (bicyclic) bond motifs is 1. The van der Waals surface area contributed by atoms with Gasteiger partial charge in [0.1, 0.15) is 0 Å². The monoisotopic (exact) mass is 245 g/mol. The highest BCUT2D eigenvalue weighted by molar-refractivity contribution is 5.76. The molecule has 1 aromatic carbocycles. The van der Waals surface area contributed by atoms with Gasteiger partial charge in [-0.25, -0.2) is 9.78 Å². The summed E-state index contributed by atoms with van der Waals surface area (Å²) in [6, 6.07) is 7.32. The van der Waals surface area contributed by atoms with Crippen molar-refractivity contribution in [2.24, 2.45) is 0 Å². The van der Waals surface area contributed by atoms with E-state index in [9.17, 15) is 4.79 Å². The number of aryl methyl sites for hydroxylation is 1. The highest BCUT2D eigenvalue weighted by Gasteiger charge is 2.05. The molecule has 0 unspecified atom stereocenters. The maximum absolute atomic E-state index is 11.7. The lowest BCUT2D eigenvalue weighted by atomic mass is 10.1. The lowest BCUT2D eigenvalue weighted by molar-refractivity contribution is 0.434. The molecule has 18 heavy (non-hydrogen) atoms. The highest BCUT2D eigenvalue weighted by atomic mass is 16.4. The van der Waals surface area contributed by atoms with Gasteiger partial charge in [-0.3, -0.25) is 0 Å². The van der Waals surface area contributed by atoms with Gasteiger partial charge in [0.15, 0.2) is 5.89 Å². The molecule has 0 fully saturated rings. The molecule has 0 aliphatic carbocycles. The summed E-state index contributed by atoms with van der Waals surface area (Å²) >= 11 is 0. The van der Waals surface area contributed by atoms with E-state index in [4.69, 9.17) is 4.42 Å². The van der Waals surface area contributed by atoms with Crippen LogP contribution in [0.25, 0.3) is 10.9 Å². The van der Waals surface area contributed by atoms with Crippen LogP contribution in [0.3, 0.4) is 0 Å². The average molecular weight is 245 g/mol. The molecule has 96 valence electrons. The van der Waals surface area contributed by atoms with Crippen LogP contribution in [-0.4, -0.2) is 4.98 Å². The van der Waals surface area contributed by atoms with Gasteiger partial charge in [0.2, 0.25) is 0 Å². The van der Waals surface area contributed by atoms with Crippen LogP contribution in [0.2, 0.25) is 0 Å². The number of nitrogens with zero attached hydrogens (tertiary/aromatic N) is 1. The van der Waals surface area contributed by atoms with Gasteiger partial charge in [-0.1, -0.05) is 44.7 Å². The molecule has 0 aliphatic rings. The molecule has 2 aromatic rings. The Balaban J connectivity index is 2.03. The van der Waals surface area contributed by atoms with E-state index < -0.39 is 0 Å². The van der Waals surface area contributed by atoms with Gasteiger partial charge in [0, 0.05) is 6.42 Å². The number of aromatic nitrogens is 1. The van der Waals surface area contributed by atoms with Gasteiger partial charge in [-0.2, -0.15) is 0 Å². The van der Waals surface area contributed by atoms with E-state index in [1.165, 1.54) is 25.7 Å². The van der Waals surface area contributed by atoms with E-state index in [0.29, 0.717) is 11.3 Å². The van der Waals surface area contributed by atoms with Crippen molar-refractivity contribution in [3.63, 3.8) is 0 Å². The fourth-order valence-electron chi connectivity index (χ4n) is 2.05. The molecule has 0 aliphatic heterocycles. The minimum atomic E-state index is -0.274. The van der Waals surface area contributed by atoms with Crippen molar-refractivity contribution < 1.29 is 4.42 Å². The Morgan fingerprint density at radius 1 is 1.11 bits per heavy atom. The molecule has 0 saturated carbocycles. The molecule has 0 N–H and O–H groups in total. The van der Waals surface area contributed by atoms with Crippen molar-refractivity contribution >= 4 is 10.9 Å². The standard InChI is InChI=1S/C15H19NO2/c1-2-3-4-5-6-11-14-16-13-10-8-7-9-12(13)15(17)18-14/h7-10H,2-6,11H2,1H3. The number of hydrogen-bond donors (Lipinski definition) is 0. The smallest absolute Gasteiger partial charge is 0.346 e. The fourth-order valence-corrected chi connectivity index (χ4v) is 2.05. The Kier molecular flexibility index (Phi) is 4.51. The zero-order chi connectivity index (χ0) is 12.8. The van der Waals surface area contributed by atoms with Gasteiger partial charge >= 0.3 is 5.63 Å². The maximum Gasteiger partial charge on any atom is 0.346 e. The third-order valence-corrected chi connectivity index (χ3v) is 3.07. The van der Waals surface area contributed by atoms with Crippen molar-refractivity contribution in [3.05, 3.63) is 40.6 Å². The molecule has 1 aromatic heterocycles. The number of benzene rings is 1. The first kappa shape index (κ1) is 12.8. The predicted molar refractivity (Wildman–Crippen MR) is 72.7 cm³/mol. The Morgan fingerprint density at radius 3 is 2.72 bits per heavy atom. The van der Waals surface area contributed by atoms with Gasteiger partial charge in [-0.15, -0.1) is 0 Å². The van der Waals surface area contributed by atoms with Crippen molar-refractivity contribution in [1.82, 2.24) is 4.98 Å². The Labute approximate surface area is 107 Å². The van der Waals surface area contributed by atoms with Crippen LogP contribution in [0.15, 0.2) is 33.5 Å². The zero-order valence-corrected chi connectivity index (χ0v) is 10.8. The molecule has 1 heterocycles. The SMILES string of the molecule is CCCCCCCc1nc2ccccc2c(=O)o1. The molecular formula is C15H19NO2. The molecule has 0 saturated heterocycles. The quantitative estimate of drug-likeness (QED) is 0.729. The Hall–Kier alpha value is -1.64. The minimum absolute atomic E-state index is 0.274. The summed E-state index contributed by atoms with van der Waals surface area (Å²) in [4.78, 5) is 16.1. The number of para-hydroxylation sites is 1. The van der Waals surface area contributed by atoms with Crippen LogP contribution in [0.4, 0.5) is 0 Å². The highest BCUT2D eigenvalue weighted by Crippen LogP contribution is 2.10. The second-order valence-corrected chi connectivity index (χ2v) is 4.58.